The van der Waals surface area contributed by atoms with Crippen molar-refractivity contribution in [1.82, 2.24) is 4.98 Å². The summed E-state index contributed by atoms with van der Waals surface area (Å²) in [7, 11) is -3.81. The summed E-state index contributed by atoms with van der Waals surface area (Å²) in [5.41, 5.74) is 6.96. The maximum absolute atomic E-state index is 13.4. The lowest BCUT2D eigenvalue weighted by Gasteiger charge is -2.21. The van der Waals surface area contributed by atoms with Crippen LogP contribution in [0.2, 0.25) is 0 Å². The average Bonchev–Trinajstić information content (AvgIpc) is 3.35. The standard InChI is InChI=1S/C24H23N3O3S/c1-15-3-2-4-22(26-15)18-6-5-17-11-20(13-19(17)12-18)24(28)27-10-9-16-7-8-21(14-23(16)27)31(25,29)30/h2-8,12,14,20H,9-11,13H2,1H3,(H2,25,29,30). The molecule has 2 aromatic carbocycles. The van der Waals surface area contributed by atoms with E-state index in [1.807, 2.05) is 25.1 Å². The van der Waals surface area contributed by atoms with Crippen LogP contribution in [0.1, 0.15) is 22.4 Å². The molecule has 0 saturated heterocycles. The number of sulfonamides is 1. The number of carbonyl (C=O) groups is 1. The van der Waals surface area contributed by atoms with E-state index in [0.29, 0.717) is 25.1 Å². The second-order valence-electron chi connectivity index (χ2n) is 8.33. The number of fused-ring (bicyclic) bond motifs is 2. The van der Waals surface area contributed by atoms with Gasteiger partial charge in [-0.3, -0.25) is 9.78 Å². The molecular formula is C24H23N3O3S. The highest BCUT2D eigenvalue weighted by Crippen LogP contribution is 2.36. The van der Waals surface area contributed by atoms with Gasteiger partial charge in [0, 0.05) is 29.4 Å². The number of hydrogen-bond acceptors (Lipinski definition) is 4. The number of amides is 1. The van der Waals surface area contributed by atoms with Crippen LogP contribution in [0.5, 0.6) is 0 Å². The summed E-state index contributed by atoms with van der Waals surface area (Å²) < 4.78 is 23.5. The van der Waals surface area contributed by atoms with Gasteiger partial charge >= 0.3 is 0 Å². The number of hydrogen-bond donors (Lipinski definition) is 1. The zero-order valence-corrected chi connectivity index (χ0v) is 18.0. The van der Waals surface area contributed by atoms with Gasteiger partial charge in [-0.15, -0.1) is 0 Å². The predicted octanol–water partition coefficient (Wildman–Crippen LogP) is 3.01. The molecule has 0 fully saturated rings. The van der Waals surface area contributed by atoms with E-state index >= 15 is 0 Å². The van der Waals surface area contributed by atoms with Gasteiger partial charge in [-0.25, -0.2) is 13.6 Å². The SMILES string of the molecule is Cc1cccc(-c2ccc3c(c2)CC(C(=O)N2CCc4ccc(S(N)(=O)=O)cc42)C3)n1. The topological polar surface area (TPSA) is 93.4 Å². The Labute approximate surface area is 181 Å². The van der Waals surface area contributed by atoms with Crippen LogP contribution in [-0.4, -0.2) is 25.9 Å². The number of nitrogens with two attached hydrogens (primary N) is 1. The van der Waals surface area contributed by atoms with Crippen LogP contribution in [0.25, 0.3) is 11.3 Å². The Hall–Kier alpha value is -3.03. The second kappa shape index (κ2) is 7.28. The number of aromatic nitrogens is 1. The molecule has 0 radical (unpaired) electrons. The van der Waals surface area contributed by atoms with Gasteiger partial charge in [0.05, 0.1) is 10.6 Å². The fourth-order valence-corrected chi connectivity index (χ4v) is 5.17. The monoisotopic (exact) mass is 433 g/mol. The first-order valence-corrected chi connectivity index (χ1v) is 11.9. The lowest BCUT2D eigenvalue weighted by atomic mass is 10.0. The van der Waals surface area contributed by atoms with Crippen molar-refractivity contribution in [2.75, 3.05) is 11.4 Å². The summed E-state index contributed by atoms with van der Waals surface area (Å²) in [5, 5.41) is 5.29. The van der Waals surface area contributed by atoms with Crippen LogP contribution >= 0.6 is 0 Å². The first kappa shape index (κ1) is 19.9. The molecule has 1 aliphatic heterocycles. The maximum Gasteiger partial charge on any atom is 0.238 e. The quantitative estimate of drug-likeness (QED) is 0.687. The molecule has 0 spiro atoms. The number of rotatable bonds is 3. The van der Waals surface area contributed by atoms with E-state index < -0.39 is 10.0 Å². The smallest absolute Gasteiger partial charge is 0.238 e. The minimum Gasteiger partial charge on any atom is -0.312 e. The number of anilines is 1. The fraction of sp³-hybridized carbons (Fsp3) is 0.250. The van der Waals surface area contributed by atoms with Gasteiger partial charge in [0.15, 0.2) is 0 Å². The third-order valence-electron chi connectivity index (χ3n) is 6.22. The van der Waals surface area contributed by atoms with E-state index in [1.54, 1.807) is 11.0 Å². The summed E-state index contributed by atoms with van der Waals surface area (Å²) in [6.45, 7) is 2.54. The van der Waals surface area contributed by atoms with Crippen molar-refractivity contribution in [2.45, 2.75) is 31.1 Å². The lowest BCUT2D eigenvalue weighted by molar-refractivity contribution is -0.122. The molecular weight excluding hydrogens is 410 g/mol. The van der Waals surface area contributed by atoms with Crippen molar-refractivity contribution < 1.29 is 13.2 Å². The van der Waals surface area contributed by atoms with Crippen LogP contribution in [0, 0.1) is 12.8 Å². The summed E-state index contributed by atoms with van der Waals surface area (Å²) in [6, 6.07) is 17.1. The maximum atomic E-state index is 13.4. The number of primary sulfonamides is 1. The molecule has 1 aliphatic carbocycles. The molecule has 2 aliphatic rings. The molecule has 5 rings (SSSR count). The van der Waals surface area contributed by atoms with Gasteiger partial charge < -0.3 is 4.90 Å². The number of benzene rings is 2. The van der Waals surface area contributed by atoms with E-state index in [-0.39, 0.29) is 16.7 Å². The zero-order valence-electron chi connectivity index (χ0n) is 17.2. The molecule has 3 aromatic rings. The van der Waals surface area contributed by atoms with Crippen molar-refractivity contribution >= 4 is 21.6 Å². The Kier molecular flexibility index (Phi) is 4.68. The number of aryl methyl sites for hydroxylation is 1. The molecule has 6 nitrogen and oxygen atoms in total. The minimum atomic E-state index is -3.81. The highest BCUT2D eigenvalue weighted by atomic mass is 32.2. The Bertz CT molecular complexity index is 1320. The molecule has 2 heterocycles. The lowest BCUT2D eigenvalue weighted by Crippen LogP contribution is -2.35. The van der Waals surface area contributed by atoms with Crippen molar-refractivity contribution in [3.63, 3.8) is 0 Å². The van der Waals surface area contributed by atoms with E-state index in [4.69, 9.17) is 5.14 Å². The summed E-state index contributed by atoms with van der Waals surface area (Å²) in [4.78, 5) is 19.7. The van der Waals surface area contributed by atoms with Gasteiger partial charge in [0.25, 0.3) is 0 Å². The van der Waals surface area contributed by atoms with Crippen molar-refractivity contribution in [1.29, 1.82) is 0 Å². The Morgan fingerprint density at radius 3 is 2.58 bits per heavy atom. The van der Waals surface area contributed by atoms with Crippen molar-refractivity contribution in [3.05, 3.63) is 77.0 Å². The predicted molar refractivity (Wildman–Crippen MR) is 119 cm³/mol. The third kappa shape index (κ3) is 3.64. The highest BCUT2D eigenvalue weighted by molar-refractivity contribution is 7.89. The molecule has 1 atom stereocenters. The normalized spacial score (nSPS) is 17.5. The van der Waals surface area contributed by atoms with Crippen LogP contribution in [-0.2, 0) is 34.1 Å². The van der Waals surface area contributed by atoms with Crippen molar-refractivity contribution in [3.8, 4) is 11.3 Å². The second-order valence-corrected chi connectivity index (χ2v) is 9.89. The summed E-state index contributed by atoms with van der Waals surface area (Å²) in [5.74, 6) is -0.114. The molecule has 0 saturated carbocycles. The van der Waals surface area contributed by atoms with Gasteiger partial charge in [0.1, 0.15) is 0 Å². The molecule has 158 valence electrons. The summed E-state index contributed by atoms with van der Waals surface area (Å²) >= 11 is 0. The molecule has 2 N–H and O–H groups in total. The number of pyridine rings is 1. The summed E-state index contributed by atoms with van der Waals surface area (Å²) in [6.07, 6.45) is 2.08. The molecule has 0 bridgehead atoms. The highest BCUT2D eigenvalue weighted by Gasteiger charge is 2.34. The van der Waals surface area contributed by atoms with E-state index in [1.165, 1.54) is 23.3 Å². The fourth-order valence-electron chi connectivity index (χ4n) is 4.64. The van der Waals surface area contributed by atoms with Gasteiger partial charge in [-0.2, -0.15) is 0 Å². The average molecular weight is 434 g/mol. The molecule has 1 unspecified atom stereocenters. The largest absolute Gasteiger partial charge is 0.312 e. The van der Waals surface area contributed by atoms with E-state index in [9.17, 15) is 13.2 Å². The first-order valence-electron chi connectivity index (χ1n) is 10.3. The van der Waals surface area contributed by atoms with Crippen molar-refractivity contribution in [2.24, 2.45) is 11.1 Å². The number of nitrogens with zero attached hydrogens (tertiary/aromatic N) is 2. The zero-order chi connectivity index (χ0) is 21.8. The molecule has 31 heavy (non-hydrogen) atoms. The minimum absolute atomic E-state index is 0.0379. The van der Waals surface area contributed by atoms with Gasteiger partial charge in [-0.1, -0.05) is 24.3 Å². The van der Waals surface area contributed by atoms with E-state index in [0.717, 1.165) is 28.9 Å². The number of carbonyl (C=O) groups excluding carboxylic acids is 1. The first-order chi connectivity index (χ1) is 14.8. The van der Waals surface area contributed by atoms with Crippen LogP contribution < -0.4 is 10.0 Å². The van der Waals surface area contributed by atoms with E-state index in [2.05, 4.69) is 23.2 Å². The Morgan fingerprint density at radius 1 is 1.03 bits per heavy atom. The van der Waals surface area contributed by atoms with Crippen LogP contribution in [0.3, 0.4) is 0 Å². The van der Waals surface area contributed by atoms with Crippen LogP contribution in [0.15, 0.2) is 59.5 Å². The van der Waals surface area contributed by atoms with Gasteiger partial charge in [0.2, 0.25) is 15.9 Å². The molecule has 7 heteroatoms. The Morgan fingerprint density at radius 2 is 1.81 bits per heavy atom. The third-order valence-corrected chi connectivity index (χ3v) is 7.13. The van der Waals surface area contributed by atoms with Gasteiger partial charge in [-0.05, 0) is 73.2 Å². The molecule has 1 amide bonds. The van der Waals surface area contributed by atoms with Crippen LogP contribution in [0.4, 0.5) is 5.69 Å². The Balaban J connectivity index is 1.40. The molecule has 1 aromatic heterocycles.